The Morgan fingerprint density at radius 3 is 2.29 bits per heavy atom. The molecule has 1 amide bonds. The van der Waals surface area contributed by atoms with E-state index in [1.54, 1.807) is 0 Å². The van der Waals surface area contributed by atoms with Gasteiger partial charge in [0, 0.05) is 44.8 Å². The Morgan fingerprint density at radius 2 is 1.64 bits per heavy atom. The summed E-state index contributed by atoms with van der Waals surface area (Å²) in [4.78, 5) is 17.4. The zero-order chi connectivity index (χ0) is 19.9. The summed E-state index contributed by atoms with van der Waals surface area (Å²) in [7, 11) is 0. The molecule has 0 unspecified atom stereocenters. The third kappa shape index (κ3) is 5.46. The number of carbonyl (C=O) groups excluding carboxylic acids is 1. The van der Waals surface area contributed by atoms with Crippen LogP contribution in [0.25, 0.3) is 0 Å². The minimum absolute atomic E-state index is 0.0126. The van der Waals surface area contributed by atoms with Crippen molar-refractivity contribution < 1.29 is 9.21 Å². The van der Waals surface area contributed by atoms with Crippen molar-refractivity contribution in [2.45, 2.75) is 40.2 Å². The number of nitrogens with one attached hydrogen (secondary N) is 1. The van der Waals surface area contributed by atoms with Gasteiger partial charge in [0.1, 0.15) is 11.5 Å². The minimum atomic E-state index is -0.0126. The third-order valence-corrected chi connectivity index (χ3v) is 5.69. The lowest BCUT2D eigenvalue weighted by Crippen LogP contribution is -2.46. The van der Waals surface area contributed by atoms with E-state index >= 15 is 0 Å². The fourth-order valence-electron chi connectivity index (χ4n) is 3.89. The first-order chi connectivity index (χ1) is 13.5. The van der Waals surface area contributed by atoms with Crippen LogP contribution in [0.2, 0.25) is 0 Å². The molecule has 1 aromatic carbocycles. The number of aryl methyl sites for hydroxylation is 2. The van der Waals surface area contributed by atoms with Crippen molar-refractivity contribution in [3.8, 4) is 0 Å². The highest BCUT2D eigenvalue weighted by Crippen LogP contribution is 2.20. The van der Waals surface area contributed by atoms with Crippen molar-refractivity contribution in [1.29, 1.82) is 0 Å². The molecule has 1 saturated heterocycles. The highest BCUT2D eigenvalue weighted by molar-refractivity contribution is 5.96. The van der Waals surface area contributed by atoms with Crippen LogP contribution >= 0.6 is 0 Å². The molecule has 2 heterocycles. The van der Waals surface area contributed by atoms with E-state index in [9.17, 15) is 4.79 Å². The fraction of sp³-hybridized carbons (Fsp3) is 0.522. The number of hydrogen-bond donors (Lipinski definition) is 1. The van der Waals surface area contributed by atoms with E-state index in [0.717, 1.165) is 70.0 Å². The highest BCUT2D eigenvalue weighted by Gasteiger charge is 2.18. The molecule has 5 nitrogen and oxygen atoms in total. The Labute approximate surface area is 168 Å². The molecule has 28 heavy (non-hydrogen) atoms. The highest BCUT2D eigenvalue weighted by atomic mass is 16.3. The first-order valence-electron chi connectivity index (χ1n) is 10.4. The smallest absolute Gasteiger partial charge is 0.255 e. The largest absolute Gasteiger partial charge is 0.466 e. The van der Waals surface area contributed by atoms with E-state index in [-0.39, 0.29) is 5.91 Å². The van der Waals surface area contributed by atoms with Gasteiger partial charge in [0.25, 0.3) is 5.91 Å². The predicted octanol–water partition coefficient (Wildman–Crippen LogP) is 3.53. The maximum atomic E-state index is 12.4. The Kier molecular flexibility index (Phi) is 7.29. The summed E-state index contributed by atoms with van der Waals surface area (Å²) in [5, 5.41) is 3.04. The molecule has 1 fully saturated rings. The molecule has 0 aliphatic carbocycles. The van der Waals surface area contributed by atoms with E-state index < -0.39 is 0 Å². The van der Waals surface area contributed by atoms with Crippen LogP contribution in [0.3, 0.4) is 0 Å². The molecule has 0 atom stereocenters. The van der Waals surface area contributed by atoms with Crippen molar-refractivity contribution in [1.82, 2.24) is 15.1 Å². The molecule has 1 aromatic heterocycles. The van der Waals surface area contributed by atoms with Gasteiger partial charge in [-0.2, -0.15) is 0 Å². The second-order valence-electron chi connectivity index (χ2n) is 7.78. The summed E-state index contributed by atoms with van der Waals surface area (Å²) in [6, 6.07) is 10.7. The lowest BCUT2D eigenvalue weighted by atomic mass is 10.1. The lowest BCUT2D eigenvalue weighted by Gasteiger charge is -2.34. The number of hydrogen-bond acceptors (Lipinski definition) is 4. The Morgan fingerprint density at radius 1 is 0.964 bits per heavy atom. The number of nitrogens with zero attached hydrogens (tertiary/aromatic N) is 2. The standard InChI is InChI=1S/C23H33N3O2/c1-18-19(2)28-20(3)22(18)23(27)24-11-7-8-12-25-13-15-26(16-14-25)17-21-9-5-4-6-10-21/h4-6,9-10H,7-8,11-17H2,1-3H3,(H,24,27). The van der Waals surface area contributed by atoms with Crippen molar-refractivity contribution in [2.24, 2.45) is 0 Å². The second kappa shape index (κ2) is 9.89. The van der Waals surface area contributed by atoms with E-state index in [1.165, 1.54) is 5.56 Å². The zero-order valence-corrected chi connectivity index (χ0v) is 17.5. The van der Waals surface area contributed by atoms with E-state index in [4.69, 9.17) is 4.42 Å². The van der Waals surface area contributed by atoms with Gasteiger partial charge in [-0.25, -0.2) is 0 Å². The molecular formula is C23H33N3O2. The Hall–Kier alpha value is -2.11. The maximum Gasteiger partial charge on any atom is 0.255 e. The van der Waals surface area contributed by atoms with E-state index in [0.29, 0.717) is 11.3 Å². The average molecular weight is 384 g/mol. The molecule has 5 heteroatoms. The Bertz CT molecular complexity index is 762. The topological polar surface area (TPSA) is 48.7 Å². The number of unbranched alkanes of at least 4 members (excludes halogenated alkanes) is 1. The van der Waals surface area contributed by atoms with E-state index in [1.807, 2.05) is 20.8 Å². The van der Waals surface area contributed by atoms with Crippen LogP contribution in [0.5, 0.6) is 0 Å². The summed E-state index contributed by atoms with van der Waals surface area (Å²) >= 11 is 0. The number of benzene rings is 1. The van der Waals surface area contributed by atoms with Crippen LogP contribution in [0.1, 0.15) is 45.8 Å². The molecule has 0 spiro atoms. The second-order valence-corrected chi connectivity index (χ2v) is 7.78. The van der Waals surface area contributed by atoms with Crippen LogP contribution in [-0.4, -0.2) is 55.0 Å². The number of rotatable bonds is 8. The molecule has 0 saturated carbocycles. The molecule has 1 aliphatic rings. The monoisotopic (exact) mass is 383 g/mol. The van der Waals surface area contributed by atoms with Gasteiger partial charge in [0.2, 0.25) is 0 Å². The van der Waals surface area contributed by atoms with Crippen LogP contribution in [-0.2, 0) is 6.54 Å². The van der Waals surface area contributed by atoms with Gasteiger partial charge in [-0.15, -0.1) is 0 Å². The Balaban J connectivity index is 1.29. The van der Waals surface area contributed by atoms with Crippen molar-refractivity contribution in [2.75, 3.05) is 39.3 Å². The summed E-state index contributed by atoms with van der Waals surface area (Å²) in [5.41, 5.74) is 3.04. The molecule has 1 aliphatic heterocycles. The molecule has 2 aromatic rings. The van der Waals surface area contributed by atoms with Gasteiger partial charge in [-0.05, 0) is 45.7 Å². The molecule has 0 bridgehead atoms. The predicted molar refractivity (Wildman–Crippen MR) is 113 cm³/mol. The van der Waals surface area contributed by atoms with Gasteiger partial charge in [-0.1, -0.05) is 30.3 Å². The third-order valence-electron chi connectivity index (χ3n) is 5.69. The first-order valence-corrected chi connectivity index (χ1v) is 10.4. The normalized spacial score (nSPS) is 15.7. The fourth-order valence-corrected chi connectivity index (χ4v) is 3.89. The minimum Gasteiger partial charge on any atom is -0.466 e. The summed E-state index contributed by atoms with van der Waals surface area (Å²) in [5.74, 6) is 1.52. The molecule has 3 rings (SSSR count). The number of amides is 1. The van der Waals surface area contributed by atoms with Gasteiger partial charge in [0.05, 0.1) is 5.56 Å². The number of furan rings is 1. The van der Waals surface area contributed by atoms with Crippen molar-refractivity contribution in [3.05, 3.63) is 58.5 Å². The van der Waals surface area contributed by atoms with Gasteiger partial charge < -0.3 is 14.6 Å². The van der Waals surface area contributed by atoms with Crippen LogP contribution in [0, 0.1) is 20.8 Å². The molecular weight excluding hydrogens is 350 g/mol. The quantitative estimate of drug-likeness (QED) is 0.709. The van der Waals surface area contributed by atoms with E-state index in [2.05, 4.69) is 45.4 Å². The molecule has 1 N–H and O–H groups in total. The number of carbonyl (C=O) groups is 1. The van der Waals surface area contributed by atoms with Crippen LogP contribution < -0.4 is 5.32 Å². The van der Waals surface area contributed by atoms with Gasteiger partial charge in [-0.3, -0.25) is 9.69 Å². The maximum absolute atomic E-state index is 12.4. The van der Waals surface area contributed by atoms with Crippen molar-refractivity contribution in [3.63, 3.8) is 0 Å². The average Bonchev–Trinajstić information content (AvgIpc) is 2.95. The lowest BCUT2D eigenvalue weighted by molar-refractivity contribution is 0.0949. The van der Waals surface area contributed by atoms with Gasteiger partial charge >= 0.3 is 0 Å². The summed E-state index contributed by atoms with van der Waals surface area (Å²) < 4.78 is 5.55. The summed E-state index contributed by atoms with van der Waals surface area (Å²) in [6.45, 7) is 13.1. The molecule has 152 valence electrons. The SMILES string of the molecule is Cc1oc(C)c(C(=O)NCCCCN2CCN(Cc3ccccc3)CC2)c1C. The van der Waals surface area contributed by atoms with Crippen LogP contribution in [0.15, 0.2) is 34.7 Å². The number of piperazine rings is 1. The van der Waals surface area contributed by atoms with Crippen molar-refractivity contribution >= 4 is 5.91 Å². The van der Waals surface area contributed by atoms with Crippen LogP contribution in [0.4, 0.5) is 0 Å². The summed E-state index contributed by atoms with van der Waals surface area (Å²) in [6.07, 6.45) is 2.12. The first kappa shape index (κ1) is 20.6. The molecule has 0 radical (unpaired) electrons. The van der Waals surface area contributed by atoms with Gasteiger partial charge in [0.15, 0.2) is 0 Å². The zero-order valence-electron chi connectivity index (χ0n) is 17.5.